The summed E-state index contributed by atoms with van der Waals surface area (Å²) in [4.78, 5) is 7.76. The van der Waals surface area contributed by atoms with E-state index in [0.717, 1.165) is 29.4 Å². The van der Waals surface area contributed by atoms with Gasteiger partial charge >= 0.3 is 0 Å². The van der Waals surface area contributed by atoms with Crippen molar-refractivity contribution in [2.75, 3.05) is 10.6 Å². The first-order chi connectivity index (χ1) is 11.8. The van der Waals surface area contributed by atoms with Crippen LogP contribution in [0.2, 0.25) is 0 Å². The number of hydrogen-bond donors (Lipinski definition) is 4. The molecule has 1 aromatic carbocycles. The fraction of sp³-hybridized carbons (Fsp3) is 0.353. The molecule has 4 rings (SSSR count). The minimum Gasteiger partial charge on any atom is -0.359 e. The number of H-pyrrole nitrogens is 1. The average Bonchev–Trinajstić information content (AvgIpc) is 3.07. The molecule has 0 saturated heterocycles. The molecule has 0 bridgehead atoms. The minimum absolute atomic E-state index is 0.145. The van der Waals surface area contributed by atoms with Gasteiger partial charge in [-0.25, -0.2) is 0 Å². The summed E-state index contributed by atoms with van der Waals surface area (Å²) in [6.45, 7) is 0. The van der Waals surface area contributed by atoms with Crippen LogP contribution in [0.5, 0.6) is 0 Å². The molecule has 0 radical (unpaired) electrons. The van der Waals surface area contributed by atoms with Crippen molar-refractivity contribution in [3.8, 4) is 0 Å². The van der Waals surface area contributed by atoms with Gasteiger partial charge in [-0.3, -0.25) is 0 Å². The lowest BCUT2D eigenvalue weighted by atomic mass is 9.91. The maximum Gasteiger partial charge on any atom is 0.244 e. The summed E-state index contributed by atoms with van der Waals surface area (Å²) >= 11 is 0. The van der Waals surface area contributed by atoms with Crippen LogP contribution in [0, 0.1) is 0 Å². The lowest BCUT2D eigenvalue weighted by molar-refractivity contribution is 0.402. The second-order valence-electron chi connectivity index (χ2n) is 6.24. The highest BCUT2D eigenvalue weighted by Gasteiger charge is 2.22. The van der Waals surface area contributed by atoms with Crippen LogP contribution in [0.15, 0.2) is 36.7 Å². The topological polar surface area (TPSA) is 105 Å². The first-order valence-corrected chi connectivity index (χ1v) is 8.34. The Kier molecular flexibility index (Phi) is 4.00. The normalized spacial score (nSPS) is 20.9. The van der Waals surface area contributed by atoms with Gasteiger partial charge in [0, 0.05) is 23.7 Å². The largest absolute Gasteiger partial charge is 0.359 e. The van der Waals surface area contributed by atoms with E-state index in [1.807, 2.05) is 24.4 Å². The molecule has 7 heteroatoms. The molecule has 0 aliphatic heterocycles. The van der Waals surface area contributed by atoms with Gasteiger partial charge in [0.15, 0.2) is 5.82 Å². The summed E-state index contributed by atoms with van der Waals surface area (Å²) in [7, 11) is 0. The van der Waals surface area contributed by atoms with E-state index in [1.54, 1.807) is 6.20 Å². The van der Waals surface area contributed by atoms with Crippen molar-refractivity contribution in [2.24, 2.45) is 5.73 Å². The Labute approximate surface area is 140 Å². The van der Waals surface area contributed by atoms with Crippen molar-refractivity contribution < 1.29 is 0 Å². The Morgan fingerprint density at radius 1 is 1.17 bits per heavy atom. The molecule has 0 unspecified atom stereocenters. The van der Waals surface area contributed by atoms with E-state index >= 15 is 0 Å². The van der Waals surface area contributed by atoms with Gasteiger partial charge in [-0.05, 0) is 25.0 Å². The van der Waals surface area contributed by atoms with E-state index in [2.05, 4.69) is 36.9 Å². The van der Waals surface area contributed by atoms with Crippen molar-refractivity contribution >= 4 is 28.4 Å². The monoisotopic (exact) mass is 323 g/mol. The maximum absolute atomic E-state index is 6.18. The quantitative estimate of drug-likeness (QED) is 0.588. The van der Waals surface area contributed by atoms with Crippen molar-refractivity contribution in [1.29, 1.82) is 0 Å². The highest BCUT2D eigenvalue weighted by molar-refractivity contribution is 5.92. The molecule has 0 amide bonds. The fourth-order valence-corrected chi connectivity index (χ4v) is 3.26. The predicted octanol–water partition coefficient (Wildman–Crippen LogP) is 2.78. The van der Waals surface area contributed by atoms with Gasteiger partial charge in [0.25, 0.3) is 0 Å². The van der Waals surface area contributed by atoms with E-state index in [-0.39, 0.29) is 12.1 Å². The van der Waals surface area contributed by atoms with Gasteiger partial charge in [-0.15, -0.1) is 5.10 Å². The van der Waals surface area contributed by atoms with E-state index in [0.29, 0.717) is 11.8 Å². The SMILES string of the molecule is N[C@H]1CCCC[C@H]1Nc1nncc(Nc2cccc3cc[nH]c23)n1. The van der Waals surface area contributed by atoms with Crippen LogP contribution < -0.4 is 16.4 Å². The zero-order valence-corrected chi connectivity index (χ0v) is 13.4. The number of fused-ring (bicyclic) bond motifs is 1. The first-order valence-electron chi connectivity index (χ1n) is 8.34. The number of nitrogens with one attached hydrogen (secondary N) is 3. The molecule has 5 N–H and O–H groups in total. The molecule has 124 valence electrons. The zero-order chi connectivity index (χ0) is 16.4. The average molecular weight is 323 g/mol. The van der Waals surface area contributed by atoms with Crippen molar-refractivity contribution in [3.05, 3.63) is 36.7 Å². The second kappa shape index (κ2) is 6.45. The number of hydrogen-bond acceptors (Lipinski definition) is 6. The van der Waals surface area contributed by atoms with Gasteiger partial charge in [0.1, 0.15) is 0 Å². The summed E-state index contributed by atoms with van der Waals surface area (Å²) in [6, 6.07) is 8.47. The zero-order valence-electron chi connectivity index (χ0n) is 13.4. The summed E-state index contributed by atoms with van der Waals surface area (Å²) in [6.07, 6.45) is 8.01. The van der Waals surface area contributed by atoms with E-state index in [4.69, 9.17) is 5.73 Å². The molecule has 24 heavy (non-hydrogen) atoms. The number of aromatic amines is 1. The third-order valence-electron chi connectivity index (χ3n) is 4.54. The lowest BCUT2D eigenvalue weighted by Crippen LogP contribution is -2.43. The number of anilines is 3. The van der Waals surface area contributed by atoms with Gasteiger partial charge < -0.3 is 21.4 Å². The van der Waals surface area contributed by atoms with E-state index in [1.165, 1.54) is 12.8 Å². The Morgan fingerprint density at radius 2 is 2.08 bits per heavy atom. The Hall–Kier alpha value is -2.67. The molecule has 2 heterocycles. The van der Waals surface area contributed by atoms with E-state index in [9.17, 15) is 0 Å². The van der Waals surface area contributed by atoms with Crippen LogP contribution >= 0.6 is 0 Å². The number of nitrogens with zero attached hydrogens (tertiary/aromatic N) is 3. The standard InChI is InChI=1S/C17H21N7/c18-12-5-1-2-6-13(12)22-17-23-15(10-20-24-17)21-14-7-3-4-11-8-9-19-16(11)14/h3-4,7-10,12-13,19H,1-2,5-6,18H2,(H2,21,22,23,24)/t12-,13+/m0/s1. The number of aromatic nitrogens is 4. The molecule has 2 atom stereocenters. The summed E-state index contributed by atoms with van der Waals surface area (Å²) < 4.78 is 0. The molecular formula is C17H21N7. The van der Waals surface area contributed by atoms with Crippen LogP contribution in [0.4, 0.5) is 17.5 Å². The molecule has 1 saturated carbocycles. The Morgan fingerprint density at radius 3 is 3.00 bits per heavy atom. The van der Waals surface area contributed by atoms with Crippen molar-refractivity contribution in [3.63, 3.8) is 0 Å². The predicted molar refractivity (Wildman–Crippen MR) is 95.3 cm³/mol. The molecule has 2 aromatic heterocycles. The third-order valence-corrected chi connectivity index (χ3v) is 4.54. The molecule has 3 aromatic rings. The smallest absolute Gasteiger partial charge is 0.244 e. The molecule has 0 spiro atoms. The number of nitrogens with two attached hydrogens (primary N) is 1. The molecular weight excluding hydrogens is 302 g/mol. The van der Waals surface area contributed by atoms with Gasteiger partial charge in [-0.1, -0.05) is 25.0 Å². The van der Waals surface area contributed by atoms with Crippen LogP contribution in [-0.4, -0.2) is 32.2 Å². The van der Waals surface area contributed by atoms with Crippen molar-refractivity contribution in [1.82, 2.24) is 20.2 Å². The first kappa shape index (κ1) is 14.9. The summed E-state index contributed by atoms with van der Waals surface area (Å²) in [5, 5.41) is 15.9. The van der Waals surface area contributed by atoms with Crippen LogP contribution in [-0.2, 0) is 0 Å². The second-order valence-corrected chi connectivity index (χ2v) is 6.24. The van der Waals surface area contributed by atoms with Crippen LogP contribution in [0.3, 0.4) is 0 Å². The van der Waals surface area contributed by atoms with Crippen LogP contribution in [0.1, 0.15) is 25.7 Å². The molecule has 1 fully saturated rings. The Balaban J connectivity index is 1.53. The Bertz CT molecular complexity index is 828. The highest BCUT2D eigenvalue weighted by Crippen LogP contribution is 2.25. The highest BCUT2D eigenvalue weighted by atomic mass is 15.3. The van der Waals surface area contributed by atoms with Crippen LogP contribution in [0.25, 0.3) is 10.9 Å². The van der Waals surface area contributed by atoms with Crippen molar-refractivity contribution in [2.45, 2.75) is 37.8 Å². The molecule has 1 aliphatic carbocycles. The van der Waals surface area contributed by atoms with Gasteiger partial charge in [0.05, 0.1) is 17.4 Å². The number of rotatable bonds is 4. The molecule has 1 aliphatic rings. The molecule has 7 nitrogen and oxygen atoms in total. The summed E-state index contributed by atoms with van der Waals surface area (Å²) in [5.74, 6) is 1.17. The lowest BCUT2D eigenvalue weighted by Gasteiger charge is -2.29. The minimum atomic E-state index is 0.145. The number of para-hydroxylation sites is 1. The van der Waals surface area contributed by atoms with E-state index < -0.39 is 0 Å². The summed E-state index contributed by atoms with van der Waals surface area (Å²) in [5.41, 5.74) is 8.18. The van der Waals surface area contributed by atoms with Gasteiger partial charge in [0.2, 0.25) is 5.95 Å². The maximum atomic E-state index is 6.18. The van der Waals surface area contributed by atoms with Gasteiger partial charge in [-0.2, -0.15) is 10.1 Å². The number of benzene rings is 1. The fourth-order valence-electron chi connectivity index (χ4n) is 3.26. The third kappa shape index (κ3) is 3.03.